The van der Waals surface area contributed by atoms with Crippen molar-refractivity contribution in [1.29, 1.82) is 0 Å². The van der Waals surface area contributed by atoms with Gasteiger partial charge < -0.3 is 9.30 Å². The molecule has 0 N–H and O–H groups in total. The second kappa shape index (κ2) is 11.2. The van der Waals surface area contributed by atoms with Gasteiger partial charge in [0.15, 0.2) is 0 Å². The molecule has 7 nitrogen and oxygen atoms in total. The summed E-state index contributed by atoms with van der Waals surface area (Å²) in [5.41, 5.74) is 13.5. The van der Waals surface area contributed by atoms with Crippen LogP contribution in [0.15, 0.2) is 109 Å². The number of hydrogen-bond donors (Lipinski definition) is 0. The fraction of sp³-hybridized carbons (Fsp3) is 0.140. The molecule has 0 aliphatic rings. The Hall–Kier alpha value is -6.21. The maximum Gasteiger partial charge on any atom is 0.139 e. The van der Waals surface area contributed by atoms with Crippen LogP contribution >= 0.6 is 0 Å². The largest absolute Gasteiger partial charge is 0.457 e. The Balaban J connectivity index is 1.22. The predicted molar refractivity (Wildman–Crippen MR) is 203 cm³/mol. The molecule has 0 radical (unpaired) electrons. The van der Waals surface area contributed by atoms with E-state index in [1.807, 2.05) is 55.1 Å². The topological polar surface area (TPSA) is 62.7 Å². The summed E-state index contributed by atoms with van der Waals surface area (Å²) in [6.45, 7) is 12.8. The molecule has 5 aromatic carbocycles. The molecule has 0 saturated carbocycles. The van der Waals surface area contributed by atoms with Crippen molar-refractivity contribution in [1.82, 2.24) is 29.1 Å². The molecule has 0 amide bonds. The second-order valence-corrected chi connectivity index (χ2v) is 13.5. The standard InChI is InChI=1S/C43H36N6O/c1-25-18-27(3)42-37(20-25)38-21-26(2)19-28(4)43(38)47(42)31-16-17-44-41(23-31)48-39-13-8-7-12-35(39)36-15-14-34(24-40(36)48)50-33-11-9-10-32(22-33)49-30(6)29(5)45-46-49/h7-24H,1-6H3. The molecule has 50 heavy (non-hydrogen) atoms. The monoisotopic (exact) mass is 652 g/mol. The van der Waals surface area contributed by atoms with Crippen molar-refractivity contribution in [2.75, 3.05) is 0 Å². The van der Waals surface area contributed by atoms with E-state index >= 15 is 0 Å². The molecule has 0 saturated heterocycles. The number of benzene rings is 5. The van der Waals surface area contributed by atoms with Crippen LogP contribution in [-0.2, 0) is 0 Å². The number of para-hydroxylation sites is 1. The van der Waals surface area contributed by atoms with Gasteiger partial charge >= 0.3 is 0 Å². The van der Waals surface area contributed by atoms with Gasteiger partial charge in [-0.3, -0.25) is 4.57 Å². The lowest BCUT2D eigenvalue weighted by Gasteiger charge is -2.14. The van der Waals surface area contributed by atoms with Crippen molar-refractivity contribution < 1.29 is 4.74 Å². The van der Waals surface area contributed by atoms with Crippen molar-refractivity contribution >= 4 is 43.6 Å². The number of pyridine rings is 1. The fourth-order valence-corrected chi connectivity index (χ4v) is 7.69. The Kier molecular flexibility index (Phi) is 6.68. The summed E-state index contributed by atoms with van der Waals surface area (Å²) in [5.74, 6) is 2.30. The highest BCUT2D eigenvalue weighted by molar-refractivity contribution is 6.12. The van der Waals surface area contributed by atoms with E-state index in [1.165, 1.54) is 44.1 Å². The van der Waals surface area contributed by atoms with Crippen molar-refractivity contribution in [3.05, 3.63) is 143 Å². The van der Waals surface area contributed by atoms with E-state index in [9.17, 15) is 0 Å². The summed E-state index contributed by atoms with van der Waals surface area (Å²) in [7, 11) is 0. The lowest BCUT2D eigenvalue weighted by Crippen LogP contribution is -2.02. The zero-order valence-corrected chi connectivity index (χ0v) is 29.0. The van der Waals surface area contributed by atoms with Crippen LogP contribution in [0.2, 0.25) is 0 Å². The highest BCUT2D eigenvalue weighted by Gasteiger charge is 2.19. The van der Waals surface area contributed by atoms with Crippen LogP contribution in [0, 0.1) is 41.5 Å². The molecule has 7 heteroatoms. The number of ether oxygens (including phenoxy) is 1. The highest BCUT2D eigenvalue weighted by Crippen LogP contribution is 2.39. The number of aromatic nitrogens is 6. The molecule has 4 heterocycles. The van der Waals surface area contributed by atoms with Crippen molar-refractivity contribution in [3.8, 4) is 28.7 Å². The van der Waals surface area contributed by atoms with Gasteiger partial charge in [-0.05, 0) is 101 Å². The van der Waals surface area contributed by atoms with Crippen molar-refractivity contribution in [2.24, 2.45) is 0 Å². The van der Waals surface area contributed by atoms with E-state index in [-0.39, 0.29) is 0 Å². The van der Waals surface area contributed by atoms with Gasteiger partial charge in [-0.15, -0.1) is 5.10 Å². The third kappa shape index (κ3) is 4.61. The predicted octanol–water partition coefficient (Wildman–Crippen LogP) is 10.5. The maximum absolute atomic E-state index is 6.51. The Bertz CT molecular complexity index is 2750. The molecule has 244 valence electrons. The van der Waals surface area contributed by atoms with Crippen LogP contribution in [0.25, 0.3) is 60.8 Å². The lowest BCUT2D eigenvalue weighted by molar-refractivity contribution is 0.482. The third-order valence-corrected chi connectivity index (χ3v) is 9.91. The minimum atomic E-state index is 0.722. The van der Waals surface area contributed by atoms with E-state index in [2.05, 4.69) is 120 Å². The summed E-state index contributed by atoms with van der Waals surface area (Å²) in [6, 6.07) is 36.3. The van der Waals surface area contributed by atoms with Gasteiger partial charge in [-0.25, -0.2) is 9.67 Å². The normalized spacial score (nSPS) is 11.8. The summed E-state index contributed by atoms with van der Waals surface area (Å²) in [6.07, 6.45) is 1.93. The molecule has 4 aromatic heterocycles. The zero-order chi connectivity index (χ0) is 34.3. The maximum atomic E-state index is 6.51. The number of rotatable bonds is 5. The van der Waals surface area contributed by atoms with E-state index < -0.39 is 0 Å². The van der Waals surface area contributed by atoms with Crippen LogP contribution in [-0.4, -0.2) is 29.1 Å². The van der Waals surface area contributed by atoms with Gasteiger partial charge in [0.25, 0.3) is 0 Å². The first-order chi connectivity index (χ1) is 24.2. The Morgan fingerprint density at radius 3 is 1.96 bits per heavy atom. The minimum Gasteiger partial charge on any atom is -0.457 e. The van der Waals surface area contributed by atoms with Crippen LogP contribution in [0.5, 0.6) is 11.5 Å². The SMILES string of the molecule is Cc1cc(C)c2c(c1)c1cc(C)cc(C)c1n2-c1ccnc(-n2c3ccccc3c3ccc(Oc4cccc(-n5nnc(C)c5C)c4)cc32)c1. The van der Waals surface area contributed by atoms with E-state index in [4.69, 9.17) is 9.72 Å². The van der Waals surface area contributed by atoms with Gasteiger partial charge in [-0.1, -0.05) is 52.7 Å². The summed E-state index contributed by atoms with van der Waals surface area (Å²) >= 11 is 0. The van der Waals surface area contributed by atoms with Crippen molar-refractivity contribution in [2.45, 2.75) is 41.5 Å². The van der Waals surface area contributed by atoms with E-state index in [0.29, 0.717) is 0 Å². The number of hydrogen-bond acceptors (Lipinski definition) is 4. The first-order valence-electron chi connectivity index (χ1n) is 16.9. The van der Waals surface area contributed by atoms with Gasteiger partial charge in [0.05, 0.1) is 44.8 Å². The molecule has 0 fully saturated rings. The molecule has 0 aliphatic heterocycles. The quantitative estimate of drug-likeness (QED) is 0.186. The van der Waals surface area contributed by atoms with Crippen molar-refractivity contribution in [3.63, 3.8) is 0 Å². The first-order valence-corrected chi connectivity index (χ1v) is 16.9. The van der Waals surface area contributed by atoms with Gasteiger partial charge in [0.2, 0.25) is 0 Å². The third-order valence-electron chi connectivity index (χ3n) is 9.91. The molecule has 0 aliphatic carbocycles. The Labute approximate surface area is 290 Å². The van der Waals surface area contributed by atoms with Crippen LogP contribution < -0.4 is 4.74 Å². The lowest BCUT2D eigenvalue weighted by atomic mass is 10.0. The molecular formula is C43H36N6O. The molecule has 0 bridgehead atoms. The summed E-state index contributed by atoms with van der Waals surface area (Å²) in [5, 5.41) is 13.4. The number of nitrogens with zero attached hydrogens (tertiary/aromatic N) is 6. The Morgan fingerprint density at radius 1 is 0.540 bits per heavy atom. The second-order valence-electron chi connectivity index (χ2n) is 13.5. The summed E-state index contributed by atoms with van der Waals surface area (Å²) in [4.78, 5) is 4.99. The first kappa shape index (κ1) is 29.9. The molecule has 0 atom stereocenters. The zero-order valence-electron chi connectivity index (χ0n) is 29.0. The van der Waals surface area contributed by atoms with Crippen LogP contribution in [0.1, 0.15) is 33.6 Å². The number of fused-ring (bicyclic) bond motifs is 6. The minimum absolute atomic E-state index is 0.722. The molecule has 0 spiro atoms. The van der Waals surface area contributed by atoms with Crippen LogP contribution in [0.3, 0.4) is 0 Å². The summed E-state index contributed by atoms with van der Waals surface area (Å²) < 4.78 is 13.0. The van der Waals surface area contributed by atoms with Crippen LogP contribution in [0.4, 0.5) is 0 Å². The van der Waals surface area contributed by atoms with E-state index in [0.717, 1.165) is 61.9 Å². The molecular weight excluding hydrogens is 617 g/mol. The number of aryl methyl sites for hydroxylation is 5. The van der Waals surface area contributed by atoms with Gasteiger partial charge in [-0.2, -0.15) is 0 Å². The van der Waals surface area contributed by atoms with E-state index in [1.54, 1.807) is 0 Å². The Morgan fingerprint density at radius 2 is 1.24 bits per heavy atom. The molecule has 9 rings (SSSR count). The fourth-order valence-electron chi connectivity index (χ4n) is 7.69. The average molecular weight is 653 g/mol. The smallest absolute Gasteiger partial charge is 0.139 e. The molecule has 9 aromatic rings. The highest BCUT2D eigenvalue weighted by atomic mass is 16.5. The average Bonchev–Trinajstić information content (AvgIpc) is 3.73. The van der Waals surface area contributed by atoms with Gasteiger partial charge in [0.1, 0.15) is 17.3 Å². The van der Waals surface area contributed by atoms with Gasteiger partial charge in [0, 0.05) is 45.9 Å². The molecule has 0 unspecified atom stereocenters.